The maximum Gasteiger partial charge on any atom is 0.278 e. The normalized spacial score (nSPS) is 13.7. The van der Waals surface area contributed by atoms with Gasteiger partial charge in [0.15, 0.2) is 0 Å². The van der Waals surface area contributed by atoms with Crippen molar-refractivity contribution in [1.29, 1.82) is 0 Å². The van der Waals surface area contributed by atoms with E-state index in [1.165, 1.54) is 4.90 Å². The standard InChI is InChI=1S/C24H21N3O3/c1-2-30-20-11-7-6-10-19(20)26-22-21(18-8-4-3-5-9-18)23(28)27(24(22)29)16-17-12-14-25-15-13-17/h3-15,26H,2,16H2,1H3. The summed E-state index contributed by atoms with van der Waals surface area (Å²) in [7, 11) is 0. The molecule has 1 aliphatic heterocycles. The molecule has 0 fully saturated rings. The second-order valence-corrected chi connectivity index (χ2v) is 6.72. The molecule has 0 atom stereocenters. The van der Waals surface area contributed by atoms with Crippen molar-refractivity contribution in [2.75, 3.05) is 11.9 Å². The van der Waals surface area contributed by atoms with E-state index >= 15 is 0 Å². The van der Waals surface area contributed by atoms with E-state index in [4.69, 9.17) is 4.74 Å². The van der Waals surface area contributed by atoms with Crippen LogP contribution in [0.5, 0.6) is 5.75 Å². The van der Waals surface area contributed by atoms with Gasteiger partial charge in [0.1, 0.15) is 11.4 Å². The van der Waals surface area contributed by atoms with Gasteiger partial charge >= 0.3 is 0 Å². The molecule has 0 aliphatic carbocycles. The van der Waals surface area contributed by atoms with Crippen LogP contribution in [-0.2, 0) is 16.1 Å². The number of hydrogen-bond acceptors (Lipinski definition) is 5. The average Bonchev–Trinajstić information content (AvgIpc) is 3.01. The Morgan fingerprint density at radius 1 is 0.900 bits per heavy atom. The molecule has 3 aromatic rings. The number of hydrogen-bond donors (Lipinski definition) is 1. The SMILES string of the molecule is CCOc1ccccc1NC1=C(c2ccccc2)C(=O)N(Cc2ccncc2)C1=O. The van der Waals surface area contributed by atoms with Gasteiger partial charge in [-0.05, 0) is 42.3 Å². The Hall–Kier alpha value is -3.93. The van der Waals surface area contributed by atoms with E-state index in [0.717, 1.165) is 5.56 Å². The second-order valence-electron chi connectivity index (χ2n) is 6.72. The van der Waals surface area contributed by atoms with E-state index in [-0.39, 0.29) is 24.1 Å². The highest BCUT2D eigenvalue weighted by Crippen LogP contribution is 2.33. The molecule has 0 saturated carbocycles. The number of amides is 2. The molecule has 1 aliphatic rings. The first-order chi connectivity index (χ1) is 14.7. The zero-order valence-corrected chi connectivity index (χ0v) is 16.5. The molecule has 6 heteroatoms. The van der Waals surface area contributed by atoms with Crippen molar-refractivity contribution < 1.29 is 14.3 Å². The molecule has 1 aromatic heterocycles. The summed E-state index contributed by atoms with van der Waals surface area (Å²) in [5.74, 6) is -0.0888. The molecular weight excluding hydrogens is 378 g/mol. The fourth-order valence-electron chi connectivity index (χ4n) is 3.36. The van der Waals surface area contributed by atoms with Crippen LogP contribution in [0.15, 0.2) is 84.8 Å². The van der Waals surface area contributed by atoms with Gasteiger partial charge in [-0.1, -0.05) is 42.5 Å². The van der Waals surface area contributed by atoms with Crippen molar-refractivity contribution in [1.82, 2.24) is 9.88 Å². The number of ether oxygens (including phenoxy) is 1. The van der Waals surface area contributed by atoms with E-state index in [9.17, 15) is 9.59 Å². The van der Waals surface area contributed by atoms with E-state index in [1.807, 2.05) is 61.5 Å². The summed E-state index contributed by atoms with van der Waals surface area (Å²) < 4.78 is 5.67. The molecule has 2 amide bonds. The number of imide groups is 1. The summed E-state index contributed by atoms with van der Waals surface area (Å²) in [4.78, 5) is 31.8. The summed E-state index contributed by atoms with van der Waals surface area (Å²) in [5, 5.41) is 3.17. The summed E-state index contributed by atoms with van der Waals surface area (Å²) in [6.07, 6.45) is 3.28. The van der Waals surface area contributed by atoms with Gasteiger partial charge in [-0.25, -0.2) is 0 Å². The van der Waals surface area contributed by atoms with Gasteiger partial charge in [0.2, 0.25) is 0 Å². The summed E-state index contributed by atoms with van der Waals surface area (Å²) >= 11 is 0. The summed E-state index contributed by atoms with van der Waals surface area (Å²) in [5.41, 5.74) is 2.74. The molecule has 2 aromatic carbocycles. The van der Waals surface area contributed by atoms with Crippen molar-refractivity contribution >= 4 is 23.1 Å². The van der Waals surface area contributed by atoms with Crippen LogP contribution in [0.25, 0.3) is 5.57 Å². The maximum atomic E-state index is 13.3. The molecule has 1 N–H and O–H groups in total. The Bertz CT molecular complexity index is 1090. The van der Waals surface area contributed by atoms with Gasteiger partial charge in [0, 0.05) is 12.4 Å². The van der Waals surface area contributed by atoms with Gasteiger partial charge in [0.05, 0.1) is 24.4 Å². The predicted octanol–water partition coefficient (Wildman–Crippen LogP) is 3.87. The molecule has 0 spiro atoms. The van der Waals surface area contributed by atoms with Crippen LogP contribution in [-0.4, -0.2) is 28.3 Å². The molecule has 4 rings (SSSR count). The minimum Gasteiger partial charge on any atom is -0.492 e. The number of anilines is 1. The molecule has 150 valence electrons. The lowest BCUT2D eigenvalue weighted by molar-refractivity contribution is -0.137. The number of carbonyl (C=O) groups is 2. The lowest BCUT2D eigenvalue weighted by atomic mass is 10.0. The number of carbonyl (C=O) groups excluding carboxylic acids is 2. The maximum absolute atomic E-state index is 13.3. The highest BCUT2D eigenvalue weighted by Gasteiger charge is 2.39. The molecule has 2 heterocycles. The van der Waals surface area contributed by atoms with Crippen LogP contribution in [0.3, 0.4) is 0 Å². The molecule has 0 bridgehead atoms. The smallest absolute Gasteiger partial charge is 0.278 e. The second kappa shape index (κ2) is 8.61. The first-order valence-corrected chi connectivity index (χ1v) is 9.72. The van der Waals surface area contributed by atoms with Gasteiger partial charge in [-0.2, -0.15) is 0 Å². The van der Waals surface area contributed by atoms with E-state index in [1.54, 1.807) is 24.5 Å². The van der Waals surface area contributed by atoms with Crippen molar-refractivity contribution in [2.45, 2.75) is 13.5 Å². The van der Waals surface area contributed by atoms with Crippen LogP contribution >= 0.6 is 0 Å². The van der Waals surface area contributed by atoms with Gasteiger partial charge in [-0.15, -0.1) is 0 Å². The largest absolute Gasteiger partial charge is 0.492 e. The van der Waals surface area contributed by atoms with E-state index in [2.05, 4.69) is 10.3 Å². The van der Waals surface area contributed by atoms with Crippen LogP contribution < -0.4 is 10.1 Å². The third-order valence-electron chi connectivity index (χ3n) is 4.77. The Morgan fingerprint density at radius 3 is 2.33 bits per heavy atom. The van der Waals surface area contributed by atoms with E-state index < -0.39 is 0 Å². The predicted molar refractivity (Wildman–Crippen MR) is 114 cm³/mol. The number of aromatic nitrogens is 1. The monoisotopic (exact) mass is 399 g/mol. The first-order valence-electron chi connectivity index (χ1n) is 9.72. The number of nitrogens with one attached hydrogen (secondary N) is 1. The lowest BCUT2D eigenvalue weighted by Gasteiger charge is -2.16. The van der Waals surface area contributed by atoms with Crippen LogP contribution in [0, 0.1) is 0 Å². The fourth-order valence-corrected chi connectivity index (χ4v) is 3.36. The summed E-state index contributed by atoms with van der Waals surface area (Å²) in [6, 6.07) is 20.2. The number of para-hydroxylation sites is 2. The molecule has 0 radical (unpaired) electrons. The number of benzene rings is 2. The van der Waals surface area contributed by atoms with Crippen molar-refractivity contribution in [3.05, 3.63) is 95.9 Å². The highest BCUT2D eigenvalue weighted by atomic mass is 16.5. The molecular formula is C24H21N3O3. The van der Waals surface area contributed by atoms with E-state index in [0.29, 0.717) is 29.2 Å². The first kappa shape index (κ1) is 19.4. The number of nitrogens with zero attached hydrogens (tertiary/aromatic N) is 2. The third-order valence-corrected chi connectivity index (χ3v) is 4.77. The van der Waals surface area contributed by atoms with Crippen molar-refractivity contribution in [3.63, 3.8) is 0 Å². The lowest BCUT2D eigenvalue weighted by Crippen LogP contribution is -2.32. The fraction of sp³-hybridized carbons (Fsp3) is 0.125. The van der Waals surface area contributed by atoms with Crippen LogP contribution in [0.1, 0.15) is 18.1 Å². The molecule has 0 unspecified atom stereocenters. The van der Waals surface area contributed by atoms with Gasteiger partial charge in [0.25, 0.3) is 11.8 Å². The Labute approximate surface area is 174 Å². The highest BCUT2D eigenvalue weighted by molar-refractivity contribution is 6.36. The Balaban J connectivity index is 1.74. The minimum absolute atomic E-state index is 0.175. The minimum atomic E-state index is -0.373. The number of rotatable bonds is 7. The Morgan fingerprint density at radius 2 is 1.60 bits per heavy atom. The third kappa shape index (κ3) is 3.80. The Kier molecular flexibility index (Phi) is 5.57. The summed E-state index contributed by atoms with van der Waals surface area (Å²) in [6.45, 7) is 2.56. The topological polar surface area (TPSA) is 71.5 Å². The van der Waals surface area contributed by atoms with Gasteiger partial charge in [-0.3, -0.25) is 19.5 Å². The zero-order chi connectivity index (χ0) is 20.9. The molecule has 6 nitrogen and oxygen atoms in total. The quantitative estimate of drug-likeness (QED) is 0.611. The van der Waals surface area contributed by atoms with Crippen LogP contribution in [0.4, 0.5) is 5.69 Å². The van der Waals surface area contributed by atoms with Crippen LogP contribution in [0.2, 0.25) is 0 Å². The average molecular weight is 399 g/mol. The number of pyridine rings is 1. The van der Waals surface area contributed by atoms with Crippen molar-refractivity contribution in [3.8, 4) is 5.75 Å². The molecule has 0 saturated heterocycles. The molecule has 30 heavy (non-hydrogen) atoms. The van der Waals surface area contributed by atoms with Crippen molar-refractivity contribution in [2.24, 2.45) is 0 Å². The van der Waals surface area contributed by atoms with Gasteiger partial charge < -0.3 is 10.1 Å². The zero-order valence-electron chi connectivity index (χ0n) is 16.5.